The molecule has 0 spiro atoms. The molecule has 0 fully saturated rings. The molecule has 17 heavy (non-hydrogen) atoms. The first-order valence-electron chi connectivity index (χ1n) is 4.77. The predicted molar refractivity (Wildman–Crippen MR) is 63.2 cm³/mol. The van der Waals surface area contributed by atoms with Gasteiger partial charge in [-0.1, -0.05) is 11.6 Å². The maximum absolute atomic E-state index is 10.7. The lowest BCUT2D eigenvalue weighted by Gasteiger charge is -2.00. The number of hydrogen-bond acceptors (Lipinski definition) is 4. The monoisotopic (exact) mass is 248 g/mol. The third-order valence-corrected chi connectivity index (χ3v) is 2.83. The molecule has 0 bridgehead atoms. The lowest BCUT2D eigenvalue weighted by atomic mass is 10.1. The van der Waals surface area contributed by atoms with Gasteiger partial charge in [-0.05, 0) is 12.1 Å². The standard InChI is InChI=1S/C11H5ClN2O3/c12-11-7-3-4-17-10(7)8-5-6(14(15)16)1-2-9(8)13-11/h1-5H. The highest BCUT2D eigenvalue weighted by atomic mass is 35.5. The average Bonchev–Trinajstić information content (AvgIpc) is 2.78. The molecule has 0 unspecified atom stereocenters. The van der Waals surface area contributed by atoms with E-state index in [1.165, 1.54) is 18.4 Å². The second-order valence-electron chi connectivity index (χ2n) is 3.52. The van der Waals surface area contributed by atoms with Gasteiger partial charge in [0.1, 0.15) is 10.7 Å². The molecule has 0 amide bonds. The van der Waals surface area contributed by atoms with Gasteiger partial charge in [0.15, 0.2) is 0 Å². The third-order valence-electron chi connectivity index (χ3n) is 2.54. The highest BCUT2D eigenvalue weighted by Gasteiger charge is 2.13. The lowest BCUT2D eigenvalue weighted by Crippen LogP contribution is -1.89. The molecule has 0 aliphatic heterocycles. The van der Waals surface area contributed by atoms with Crippen molar-refractivity contribution in [2.24, 2.45) is 0 Å². The molecule has 0 N–H and O–H groups in total. The molecule has 2 aromatic heterocycles. The molecule has 3 rings (SSSR count). The number of furan rings is 1. The van der Waals surface area contributed by atoms with Gasteiger partial charge in [0, 0.05) is 12.1 Å². The summed E-state index contributed by atoms with van der Waals surface area (Å²) in [6.07, 6.45) is 1.48. The summed E-state index contributed by atoms with van der Waals surface area (Å²) in [4.78, 5) is 14.4. The Labute approximate surface area is 99.8 Å². The van der Waals surface area contributed by atoms with Crippen molar-refractivity contribution in [3.8, 4) is 0 Å². The Morgan fingerprint density at radius 1 is 1.29 bits per heavy atom. The molecule has 6 heteroatoms. The van der Waals surface area contributed by atoms with Crippen LogP contribution in [-0.4, -0.2) is 9.91 Å². The van der Waals surface area contributed by atoms with Gasteiger partial charge in [0.25, 0.3) is 5.69 Å². The van der Waals surface area contributed by atoms with Crippen LogP contribution in [0.2, 0.25) is 5.15 Å². The van der Waals surface area contributed by atoms with Crippen molar-refractivity contribution >= 4 is 39.2 Å². The van der Waals surface area contributed by atoms with Crippen LogP contribution in [0.1, 0.15) is 0 Å². The summed E-state index contributed by atoms with van der Waals surface area (Å²) in [6.45, 7) is 0. The van der Waals surface area contributed by atoms with Crippen molar-refractivity contribution < 1.29 is 9.34 Å². The van der Waals surface area contributed by atoms with E-state index >= 15 is 0 Å². The first kappa shape index (κ1) is 10.0. The van der Waals surface area contributed by atoms with Crippen molar-refractivity contribution in [1.82, 2.24) is 4.98 Å². The molecule has 1 aromatic carbocycles. The largest absolute Gasteiger partial charge is 0.464 e. The summed E-state index contributed by atoms with van der Waals surface area (Å²) in [5, 5.41) is 12.3. The summed E-state index contributed by atoms with van der Waals surface area (Å²) in [7, 11) is 0. The van der Waals surface area contributed by atoms with Gasteiger partial charge in [-0.2, -0.15) is 0 Å². The van der Waals surface area contributed by atoms with Gasteiger partial charge in [0.05, 0.1) is 27.5 Å². The topological polar surface area (TPSA) is 69.2 Å². The summed E-state index contributed by atoms with van der Waals surface area (Å²) in [5.41, 5.74) is 1.09. The molecule has 0 saturated heterocycles. The van der Waals surface area contributed by atoms with Crippen LogP contribution < -0.4 is 0 Å². The highest BCUT2D eigenvalue weighted by molar-refractivity contribution is 6.35. The number of nitro benzene ring substituents is 1. The molecular weight excluding hydrogens is 244 g/mol. The second kappa shape index (κ2) is 3.43. The Morgan fingerprint density at radius 2 is 2.12 bits per heavy atom. The Morgan fingerprint density at radius 3 is 2.88 bits per heavy atom. The van der Waals surface area contributed by atoms with Crippen LogP contribution in [0.4, 0.5) is 5.69 Å². The van der Waals surface area contributed by atoms with Crippen molar-refractivity contribution in [1.29, 1.82) is 0 Å². The number of non-ortho nitro benzene ring substituents is 1. The fraction of sp³-hybridized carbons (Fsp3) is 0. The molecule has 2 heterocycles. The summed E-state index contributed by atoms with van der Waals surface area (Å²) in [5.74, 6) is 0. The SMILES string of the molecule is O=[N+]([O-])c1ccc2nc(Cl)c3ccoc3c2c1. The van der Waals surface area contributed by atoms with Crippen LogP contribution in [0, 0.1) is 10.1 Å². The number of halogens is 1. The molecule has 0 atom stereocenters. The normalized spacial score (nSPS) is 11.1. The number of aromatic nitrogens is 1. The maximum Gasteiger partial charge on any atom is 0.270 e. The van der Waals surface area contributed by atoms with Crippen molar-refractivity contribution in [3.63, 3.8) is 0 Å². The molecular formula is C11H5ClN2O3. The van der Waals surface area contributed by atoms with Crippen molar-refractivity contribution in [3.05, 3.63) is 45.8 Å². The molecule has 5 nitrogen and oxygen atoms in total. The van der Waals surface area contributed by atoms with Crippen LogP contribution >= 0.6 is 11.6 Å². The number of fused-ring (bicyclic) bond motifs is 3. The zero-order chi connectivity index (χ0) is 12.0. The maximum atomic E-state index is 10.7. The molecule has 0 radical (unpaired) electrons. The first-order valence-corrected chi connectivity index (χ1v) is 5.15. The molecule has 0 aliphatic carbocycles. The average molecular weight is 249 g/mol. The number of pyridine rings is 1. The minimum Gasteiger partial charge on any atom is -0.464 e. The summed E-state index contributed by atoms with van der Waals surface area (Å²) < 4.78 is 5.30. The number of benzene rings is 1. The van der Waals surface area contributed by atoms with Gasteiger partial charge in [-0.3, -0.25) is 10.1 Å². The third kappa shape index (κ3) is 1.43. The number of nitro groups is 1. The number of rotatable bonds is 1. The van der Waals surface area contributed by atoms with E-state index < -0.39 is 4.92 Å². The van der Waals surface area contributed by atoms with Crippen LogP contribution in [0.3, 0.4) is 0 Å². The Balaban J connectivity index is 2.48. The Hall–Kier alpha value is -2.14. The van der Waals surface area contributed by atoms with Gasteiger partial charge < -0.3 is 4.42 Å². The van der Waals surface area contributed by atoms with Crippen LogP contribution in [0.15, 0.2) is 34.9 Å². The van der Waals surface area contributed by atoms with Crippen LogP contribution in [0.25, 0.3) is 21.9 Å². The number of hydrogen-bond donors (Lipinski definition) is 0. The first-order chi connectivity index (χ1) is 8.16. The summed E-state index contributed by atoms with van der Waals surface area (Å²) in [6, 6.07) is 6.06. The molecule has 0 aliphatic rings. The highest BCUT2D eigenvalue weighted by Crippen LogP contribution is 2.31. The minimum absolute atomic E-state index is 0.000627. The quantitative estimate of drug-likeness (QED) is 0.375. The van der Waals surface area contributed by atoms with E-state index in [2.05, 4.69) is 4.98 Å². The van der Waals surface area contributed by atoms with Gasteiger partial charge >= 0.3 is 0 Å². The Kier molecular flexibility index (Phi) is 2.02. The van der Waals surface area contributed by atoms with Gasteiger partial charge in [0.2, 0.25) is 0 Å². The second-order valence-corrected chi connectivity index (χ2v) is 3.88. The molecule has 3 aromatic rings. The van der Waals surface area contributed by atoms with E-state index in [0.29, 0.717) is 27.0 Å². The number of nitrogens with zero attached hydrogens (tertiary/aromatic N) is 2. The zero-order valence-electron chi connectivity index (χ0n) is 8.38. The summed E-state index contributed by atoms with van der Waals surface area (Å²) >= 11 is 5.97. The fourth-order valence-electron chi connectivity index (χ4n) is 1.76. The van der Waals surface area contributed by atoms with E-state index in [4.69, 9.17) is 16.0 Å². The van der Waals surface area contributed by atoms with Gasteiger partial charge in [-0.15, -0.1) is 0 Å². The zero-order valence-corrected chi connectivity index (χ0v) is 9.14. The Bertz CT molecular complexity index is 751. The fourth-order valence-corrected chi connectivity index (χ4v) is 2.00. The predicted octanol–water partition coefficient (Wildman–Crippen LogP) is 3.54. The van der Waals surface area contributed by atoms with Crippen molar-refractivity contribution in [2.75, 3.05) is 0 Å². The van der Waals surface area contributed by atoms with E-state index in [0.717, 1.165) is 0 Å². The van der Waals surface area contributed by atoms with E-state index in [-0.39, 0.29) is 5.69 Å². The van der Waals surface area contributed by atoms with Gasteiger partial charge in [-0.25, -0.2) is 4.98 Å². The molecule has 0 saturated carbocycles. The van der Waals surface area contributed by atoms with E-state index in [1.807, 2.05) is 0 Å². The minimum atomic E-state index is -0.456. The van der Waals surface area contributed by atoms with E-state index in [1.54, 1.807) is 12.1 Å². The van der Waals surface area contributed by atoms with Crippen LogP contribution in [0.5, 0.6) is 0 Å². The van der Waals surface area contributed by atoms with Crippen LogP contribution in [-0.2, 0) is 0 Å². The smallest absolute Gasteiger partial charge is 0.270 e. The molecule has 84 valence electrons. The van der Waals surface area contributed by atoms with E-state index in [9.17, 15) is 10.1 Å². The van der Waals surface area contributed by atoms with Crippen molar-refractivity contribution in [2.45, 2.75) is 0 Å². The lowest BCUT2D eigenvalue weighted by molar-refractivity contribution is -0.384.